The van der Waals surface area contributed by atoms with Crippen molar-refractivity contribution >= 4 is 5.97 Å². The Morgan fingerprint density at radius 1 is 1.64 bits per heavy atom. The van der Waals surface area contributed by atoms with E-state index in [0.29, 0.717) is 0 Å². The minimum Gasteiger partial charge on any atom is -0.478 e. The Balaban J connectivity index is 5.04. The molecule has 0 aromatic rings. The highest BCUT2D eigenvalue weighted by molar-refractivity contribution is 5.92. The largest absolute Gasteiger partial charge is 0.478 e. The normalized spacial score (nSPS) is 11.8. The molecule has 3 heteroatoms. The second-order valence-electron chi connectivity index (χ2n) is 2.01. The molecule has 0 saturated heterocycles. The Hall–Kier alpha value is -1.38. The van der Waals surface area contributed by atoms with E-state index in [9.17, 15) is 9.18 Å². The fourth-order valence-corrected chi connectivity index (χ4v) is 0.591. The molecule has 0 rings (SSSR count). The molecule has 0 radical (unpaired) electrons. The third-order valence-corrected chi connectivity index (χ3v) is 1.06. The summed E-state index contributed by atoms with van der Waals surface area (Å²) in [7, 11) is 0. The first kappa shape index (κ1) is 9.62. The molecule has 0 heterocycles. The van der Waals surface area contributed by atoms with Crippen LogP contribution >= 0.6 is 0 Å². The van der Waals surface area contributed by atoms with E-state index in [-0.39, 0.29) is 5.57 Å². The predicted molar refractivity (Wildman–Crippen MR) is 40.8 cm³/mol. The number of aliphatic carboxylic acids is 1. The molecule has 0 aromatic heterocycles. The highest BCUT2D eigenvalue weighted by atomic mass is 19.1. The zero-order chi connectivity index (χ0) is 9.02. The molecule has 0 saturated carbocycles. The van der Waals surface area contributed by atoms with Gasteiger partial charge in [0.15, 0.2) is 0 Å². The molecule has 2 nitrogen and oxygen atoms in total. The SMILES string of the molecule is C=C/C(F)=C(\C(=C)C)C(=O)O. The van der Waals surface area contributed by atoms with Crippen molar-refractivity contribution in [2.45, 2.75) is 6.92 Å². The smallest absolute Gasteiger partial charge is 0.338 e. The lowest BCUT2D eigenvalue weighted by Crippen LogP contribution is -2.02. The van der Waals surface area contributed by atoms with Crippen LogP contribution in [0.4, 0.5) is 4.39 Å². The van der Waals surface area contributed by atoms with Gasteiger partial charge >= 0.3 is 5.97 Å². The molecule has 0 amide bonds. The molecular weight excluding hydrogens is 147 g/mol. The summed E-state index contributed by atoms with van der Waals surface area (Å²) in [4.78, 5) is 10.3. The molecule has 0 spiro atoms. The lowest BCUT2D eigenvalue weighted by molar-refractivity contribution is -0.132. The second kappa shape index (κ2) is 3.71. The van der Waals surface area contributed by atoms with Crippen molar-refractivity contribution in [1.82, 2.24) is 0 Å². The first-order valence-corrected chi connectivity index (χ1v) is 2.92. The minimum atomic E-state index is -1.32. The Morgan fingerprint density at radius 2 is 2.09 bits per heavy atom. The molecule has 0 atom stereocenters. The van der Waals surface area contributed by atoms with E-state index in [4.69, 9.17) is 5.11 Å². The third kappa shape index (κ3) is 2.37. The summed E-state index contributed by atoms with van der Waals surface area (Å²) in [6, 6.07) is 0. The van der Waals surface area contributed by atoms with Gasteiger partial charge in [-0.05, 0) is 18.6 Å². The molecule has 11 heavy (non-hydrogen) atoms. The maximum atomic E-state index is 12.6. The average Bonchev–Trinajstić information content (AvgIpc) is 1.85. The first-order chi connectivity index (χ1) is 5.00. The predicted octanol–water partition coefficient (Wildman–Crippen LogP) is 2.06. The van der Waals surface area contributed by atoms with Gasteiger partial charge in [0, 0.05) is 0 Å². The number of carbonyl (C=O) groups is 1. The van der Waals surface area contributed by atoms with Crippen LogP contribution in [0.25, 0.3) is 0 Å². The second-order valence-corrected chi connectivity index (χ2v) is 2.01. The maximum absolute atomic E-state index is 12.6. The fraction of sp³-hybridized carbons (Fsp3) is 0.125. The quantitative estimate of drug-likeness (QED) is 0.501. The average molecular weight is 156 g/mol. The van der Waals surface area contributed by atoms with Crippen LogP contribution in [0.15, 0.2) is 36.2 Å². The summed E-state index contributed by atoms with van der Waals surface area (Å²) in [5.41, 5.74) is -0.241. The number of allylic oxidation sites excluding steroid dienone is 2. The standard InChI is InChI=1S/C8H9FO2/c1-4-6(9)7(5(2)3)8(10)11/h4H,1-2H2,3H3,(H,10,11)/b7-6-. The van der Waals surface area contributed by atoms with Gasteiger partial charge in [-0.3, -0.25) is 0 Å². The van der Waals surface area contributed by atoms with Crippen molar-refractivity contribution in [1.29, 1.82) is 0 Å². The Kier molecular flexibility index (Phi) is 3.24. The minimum absolute atomic E-state index is 0.176. The Bertz CT molecular complexity index is 222. The van der Waals surface area contributed by atoms with Crippen LogP contribution in [0.3, 0.4) is 0 Å². The highest BCUT2D eigenvalue weighted by Crippen LogP contribution is 2.14. The Morgan fingerprint density at radius 3 is 2.18 bits per heavy atom. The zero-order valence-corrected chi connectivity index (χ0v) is 6.22. The van der Waals surface area contributed by atoms with Gasteiger partial charge < -0.3 is 5.11 Å². The first-order valence-electron chi connectivity index (χ1n) is 2.92. The van der Waals surface area contributed by atoms with Gasteiger partial charge in [-0.15, -0.1) is 0 Å². The maximum Gasteiger partial charge on any atom is 0.338 e. The lowest BCUT2D eigenvalue weighted by atomic mass is 10.1. The molecule has 0 aliphatic carbocycles. The lowest BCUT2D eigenvalue weighted by Gasteiger charge is -1.99. The van der Waals surface area contributed by atoms with Crippen molar-refractivity contribution in [3.63, 3.8) is 0 Å². The fourth-order valence-electron chi connectivity index (χ4n) is 0.591. The topological polar surface area (TPSA) is 37.3 Å². The van der Waals surface area contributed by atoms with Crippen molar-refractivity contribution in [3.05, 3.63) is 36.2 Å². The van der Waals surface area contributed by atoms with E-state index < -0.39 is 17.4 Å². The number of carboxylic acids is 1. The van der Waals surface area contributed by atoms with Gasteiger partial charge in [-0.2, -0.15) is 0 Å². The molecule has 60 valence electrons. The number of hydrogen-bond acceptors (Lipinski definition) is 1. The van der Waals surface area contributed by atoms with Crippen molar-refractivity contribution < 1.29 is 14.3 Å². The Labute approximate surface area is 64.3 Å². The molecule has 0 aliphatic rings. The van der Waals surface area contributed by atoms with E-state index in [1.54, 1.807) is 0 Å². The van der Waals surface area contributed by atoms with E-state index in [2.05, 4.69) is 13.2 Å². The van der Waals surface area contributed by atoms with E-state index in [0.717, 1.165) is 6.08 Å². The molecule has 0 unspecified atom stereocenters. The van der Waals surface area contributed by atoms with E-state index >= 15 is 0 Å². The number of carboxylic acid groups (broad SMARTS) is 1. The number of halogens is 1. The van der Waals surface area contributed by atoms with Crippen LogP contribution in [-0.2, 0) is 4.79 Å². The van der Waals surface area contributed by atoms with Gasteiger partial charge in [-0.1, -0.05) is 13.2 Å². The zero-order valence-electron chi connectivity index (χ0n) is 6.22. The summed E-state index contributed by atoms with van der Waals surface area (Å²) in [5, 5.41) is 8.44. The summed E-state index contributed by atoms with van der Waals surface area (Å²) in [5.74, 6) is -2.18. The van der Waals surface area contributed by atoms with E-state index in [1.165, 1.54) is 6.92 Å². The van der Waals surface area contributed by atoms with Gasteiger partial charge in [0.25, 0.3) is 0 Å². The van der Waals surface area contributed by atoms with Crippen molar-refractivity contribution in [3.8, 4) is 0 Å². The van der Waals surface area contributed by atoms with Crippen LogP contribution < -0.4 is 0 Å². The highest BCUT2D eigenvalue weighted by Gasteiger charge is 2.12. The summed E-state index contributed by atoms with van der Waals surface area (Å²) < 4.78 is 12.6. The van der Waals surface area contributed by atoms with Crippen LogP contribution in [0, 0.1) is 0 Å². The summed E-state index contributed by atoms with van der Waals surface area (Å²) >= 11 is 0. The monoisotopic (exact) mass is 156 g/mol. The van der Waals surface area contributed by atoms with Crippen molar-refractivity contribution in [2.75, 3.05) is 0 Å². The number of rotatable bonds is 3. The summed E-state index contributed by atoms with van der Waals surface area (Å²) in [6.07, 6.45) is 0.845. The van der Waals surface area contributed by atoms with Gasteiger partial charge in [0.05, 0.1) is 5.57 Å². The van der Waals surface area contributed by atoms with Crippen LogP contribution in [0.1, 0.15) is 6.92 Å². The van der Waals surface area contributed by atoms with Gasteiger partial charge in [0.1, 0.15) is 5.83 Å². The van der Waals surface area contributed by atoms with Gasteiger partial charge in [-0.25, -0.2) is 9.18 Å². The molecule has 0 aliphatic heterocycles. The molecule has 0 bridgehead atoms. The van der Waals surface area contributed by atoms with Crippen LogP contribution in [0.2, 0.25) is 0 Å². The molecular formula is C8H9FO2. The molecule has 0 fully saturated rings. The van der Waals surface area contributed by atoms with E-state index in [1.807, 2.05) is 0 Å². The number of hydrogen-bond donors (Lipinski definition) is 1. The third-order valence-electron chi connectivity index (χ3n) is 1.06. The molecule has 1 N–H and O–H groups in total. The van der Waals surface area contributed by atoms with Crippen LogP contribution in [-0.4, -0.2) is 11.1 Å². The summed E-state index contributed by atoms with van der Waals surface area (Å²) in [6.45, 7) is 7.85. The van der Waals surface area contributed by atoms with Crippen molar-refractivity contribution in [2.24, 2.45) is 0 Å². The molecule has 0 aromatic carbocycles. The van der Waals surface area contributed by atoms with Crippen LogP contribution in [0.5, 0.6) is 0 Å². The van der Waals surface area contributed by atoms with Gasteiger partial charge in [0.2, 0.25) is 0 Å².